The van der Waals surface area contributed by atoms with Crippen LogP contribution in [0.2, 0.25) is 0 Å². The van der Waals surface area contributed by atoms with Crippen LogP contribution in [0.1, 0.15) is 39.3 Å². The Balaban J connectivity index is 2.83. The van der Waals surface area contributed by atoms with Crippen molar-refractivity contribution in [3.8, 4) is 0 Å². The molecular weight excluding hydrogens is 266 g/mol. The van der Waals surface area contributed by atoms with E-state index in [2.05, 4.69) is 63.3 Å². The zero-order valence-electron chi connectivity index (χ0n) is 13.2. The van der Waals surface area contributed by atoms with Crippen LogP contribution in [0.15, 0.2) is 30.3 Å². The van der Waals surface area contributed by atoms with Crippen LogP contribution in [0.4, 0.5) is 0 Å². The van der Waals surface area contributed by atoms with E-state index in [4.69, 9.17) is 0 Å². The minimum Gasteiger partial charge on any atom is -0.396 e. The van der Waals surface area contributed by atoms with Gasteiger partial charge in [0.05, 0.1) is 0 Å². The van der Waals surface area contributed by atoms with Crippen LogP contribution in [-0.4, -0.2) is 29.3 Å². The standard InChI is InChI=1S/C17H29NOS/c1-5-18-16(15-9-7-6-8-10-15)17(13(2)3)20-12-14(4)11-19/h6-10,13-14,16-19H,5,11-12H2,1-4H3. The Hall–Kier alpha value is -0.510. The van der Waals surface area contributed by atoms with E-state index in [1.54, 1.807) is 0 Å². The third-order valence-electron chi connectivity index (χ3n) is 3.45. The van der Waals surface area contributed by atoms with Crippen molar-refractivity contribution in [2.24, 2.45) is 11.8 Å². The molecule has 3 atom stereocenters. The van der Waals surface area contributed by atoms with Crippen LogP contribution in [0.5, 0.6) is 0 Å². The van der Waals surface area contributed by atoms with Gasteiger partial charge < -0.3 is 10.4 Å². The highest BCUT2D eigenvalue weighted by Crippen LogP contribution is 2.33. The molecule has 0 fully saturated rings. The largest absolute Gasteiger partial charge is 0.396 e. The van der Waals surface area contributed by atoms with Gasteiger partial charge in [0.2, 0.25) is 0 Å². The van der Waals surface area contributed by atoms with Crippen LogP contribution >= 0.6 is 11.8 Å². The van der Waals surface area contributed by atoms with E-state index in [0.29, 0.717) is 23.1 Å². The van der Waals surface area contributed by atoms with Crippen molar-refractivity contribution in [3.63, 3.8) is 0 Å². The second-order valence-electron chi connectivity index (χ2n) is 5.78. The Morgan fingerprint density at radius 2 is 1.80 bits per heavy atom. The smallest absolute Gasteiger partial charge is 0.0464 e. The van der Waals surface area contributed by atoms with Gasteiger partial charge in [0.25, 0.3) is 0 Å². The normalized spacial score (nSPS) is 16.1. The molecule has 0 aliphatic heterocycles. The Morgan fingerprint density at radius 1 is 1.15 bits per heavy atom. The van der Waals surface area contributed by atoms with Crippen LogP contribution in [0, 0.1) is 11.8 Å². The van der Waals surface area contributed by atoms with Gasteiger partial charge in [-0.3, -0.25) is 0 Å². The number of hydrogen-bond donors (Lipinski definition) is 2. The molecule has 2 N–H and O–H groups in total. The lowest BCUT2D eigenvalue weighted by molar-refractivity contribution is 0.250. The summed E-state index contributed by atoms with van der Waals surface area (Å²) in [5.41, 5.74) is 1.36. The van der Waals surface area contributed by atoms with Crippen LogP contribution < -0.4 is 5.32 Å². The van der Waals surface area contributed by atoms with E-state index in [1.807, 2.05) is 11.8 Å². The molecule has 114 valence electrons. The minimum atomic E-state index is 0.273. The molecular formula is C17H29NOS. The van der Waals surface area contributed by atoms with Crippen LogP contribution in [0.25, 0.3) is 0 Å². The Bertz CT molecular complexity index is 355. The zero-order valence-corrected chi connectivity index (χ0v) is 14.0. The molecule has 0 aliphatic carbocycles. The monoisotopic (exact) mass is 295 g/mol. The second kappa shape index (κ2) is 9.43. The molecule has 1 aromatic carbocycles. The lowest BCUT2D eigenvalue weighted by Crippen LogP contribution is -2.34. The molecule has 1 rings (SSSR count). The fourth-order valence-electron chi connectivity index (χ4n) is 2.31. The van der Waals surface area contributed by atoms with Crippen molar-refractivity contribution in [1.29, 1.82) is 0 Å². The first kappa shape index (κ1) is 17.5. The molecule has 3 heteroatoms. The molecule has 2 nitrogen and oxygen atoms in total. The molecule has 0 spiro atoms. The summed E-state index contributed by atoms with van der Waals surface area (Å²) in [6.45, 7) is 10.1. The molecule has 0 saturated heterocycles. The van der Waals surface area contributed by atoms with Crippen LogP contribution in [-0.2, 0) is 0 Å². The first-order valence-electron chi connectivity index (χ1n) is 7.60. The average Bonchev–Trinajstić information content (AvgIpc) is 2.46. The lowest BCUT2D eigenvalue weighted by Gasteiger charge is -2.31. The molecule has 0 radical (unpaired) electrons. The van der Waals surface area contributed by atoms with Gasteiger partial charge in [-0.05, 0) is 29.7 Å². The molecule has 0 aromatic heterocycles. The predicted molar refractivity (Wildman–Crippen MR) is 90.2 cm³/mol. The third-order valence-corrected chi connectivity index (χ3v) is 5.42. The fraction of sp³-hybridized carbons (Fsp3) is 0.647. The summed E-state index contributed by atoms with van der Waals surface area (Å²) in [6, 6.07) is 11.1. The van der Waals surface area contributed by atoms with Gasteiger partial charge in [0.15, 0.2) is 0 Å². The number of nitrogens with one attached hydrogen (secondary N) is 1. The van der Waals surface area contributed by atoms with Gasteiger partial charge in [-0.15, -0.1) is 0 Å². The topological polar surface area (TPSA) is 32.3 Å². The minimum absolute atomic E-state index is 0.273. The van der Waals surface area contributed by atoms with Crippen molar-refractivity contribution in [2.45, 2.75) is 39.0 Å². The first-order chi connectivity index (χ1) is 9.60. The van der Waals surface area contributed by atoms with E-state index in [0.717, 1.165) is 12.3 Å². The maximum Gasteiger partial charge on any atom is 0.0464 e. The number of aliphatic hydroxyl groups is 1. The van der Waals surface area contributed by atoms with Gasteiger partial charge in [-0.2, -0.15) is 11.8 Å². The number of rotatable bonds is 9. The summed E-state index contributed by atoms with van der Waals surface area (Å²) in [5, 5.41) is 13.4. The molecule has 0 saturated carbocycles. The van der Waals surface area contributed by atoms with Gasteiger partial charge >= 0.3 is 0 Å². The molecule has 0 bridgehead atoms. The molecule has 0 amide bonds. The van der Waals surface area contributed by atoms with Crippen LogP contribution in [0.3, 0.4) is 0 Å². The van der Waals surface area contributed by atoms with Crippen molar-refractivity contribution in [2.75, 3.05) is 18.9 Å². The van der Waals surface area contributed by atoms with Crippen molar-refractivity contribution < 1.29 is 5.11 Å². The van der Waals surface area contributed by atoms with E-state index in [9.17, 15) is 5.11 Å². The van der Waals surface area contributed by atoms with E-state index >= 15 is 0 Å². The van der Waals surface area contributed by atoms with E-state index in [1.165, 1.54) is 5.56 Å². The average molecular weight is 295 g/mol. The molecule has 20 heavy (non-hydrogen) atoms. The van der Waals surface area contributed by atoms with E-state index < -0.39 is 0 Å². The molecule has 1 aromatic rings. The van der Waals surface area contributed by atoms with Crippen molar-refractivity contribution in [1.82, 2.24) is 5.32 Å². The maximum atomic E-state index is 9.22. The molecule has 3 unspecified atom stereocenters. The predicted octanol–water partition coefficient (Wildman–Crippen LogP) is 3.72. The zero-order chi connectivity index (χ0) is 15.0. The highest BCUT2D eigenvalue weighted by molar-refractivity contribution is 7.99. The van der Waals surface area contributed by atoms with Gasteiger partial charge in [0, 0.05) is 17.9 Å². The second-order valence-corrected chi connectivity index (χ2v) is 6.99. The van der Waals surface area contributed by atoms with Gasteiger partial charge in [0.1, 0.15) is 0 Å². The number of aliphatic hydroxyl groups excluding tert-OH is 1. The summed E-state index contributed by atoms with van der Waals surface area (Å²) in [6.07, 6.45) is 0. The van der Waals surface area contributed by atoms with E-state index in [-0.39, 0.29) is 6.61 Å². The maximum absolute atomic E-state index is 9.22. The summed E-state index contributed by atoms with van der Waals surface area (Å²) in [4.78, 5) is 0. The molecule has 0 heterocycles. The van der Waals surface area contributed by atoms with Crippen molar-refractivity contribution in [3.05, 3.63) is 35.9 Å². The SMILES string of the molecule is CCNC(c1ccccc1)C(SCC(C)CO)C(C)C. The summed E-state index contributed by atoms with van der Waals surface area (Å²) in [7, 11) is 0. The Kier molecular flexibility index (Phi) is 8.27. The fourth-order valence-corrected chi connectivity index (χ4v) is 3.79. The summed E-state index contributed by atoms with van der Waals surface area (Å²) < 4.78 is 0. The Labute approximate surface area is 128 Å². The Morgan fingerprint density at radius 3 is 2.30 bits per heavy atom. The highest BCUT2D eigenvalue weighted by Gasteiger charge is 2.26. The van der Waals surface area contributed by atoms with Crippen molar-refractivity contribution >= 4 is 11.8 Å². The summed E-state index contributed by atoms with van der Waals surface area (Å²) in [5.74, 6) is 1.96. The highest BCUT2D eigenvalue weighted by atomic mass is 32.2. The number of hydrogen-bond acceptors (Lipinski definition) is 3. The lowest BCUT2D eigenvalue weighted by atomic mass is 9.96. The molecule has 0 aliphatic rings. The van der Waals surface area contributed by atoms with Gasteiger partial charge in [-0.1, -0.05) is 58.0 Å². The number of benzene rings is 1. The first-order valence-corrected chi connectivity index (χ1v) is 8.65. The third kappa shape index (κ3) is 5.47. The quantitative estimate of drug-likeness (QED) is 0.728. The van der Waals surface area contributed by atoms with Gasteiger partial charge in [-0.25, -0.2) is 0 Å². The summed E-state index contributed by atoms with van der Waals surface area (Å²) >= 11 is 1.98. The number of thioether (sulfide) groups is 1.